The summed E-state index contributed by atoms with van der Waals surface area (Å²) < 4.78 is 0. The van der Waals surface area contributed by atoms with Crippen molar-refractivity contribution in [1.82, 2.24) is 15.3 Å². The maximum absolute atomic E-state index is 4.25. The molecule has 4 nitrogen and oxygen atoms in total. The molecule has 1 aliphatic rings. The number of fused-ring (bicyclic) bond motifs is 1. The molecule has 2 aromatic rings. The van der Waals surface area contributed by atoms with Gasteiger partial charge >= 0.3 is 0 Å². The Morgan fingerprint density at radius 2 is 2.39 bits per heavy atom. The number of benzene rings is 1. The number of H-pyrrole nitrogens is 1. The van der Waals surface area contributed by atoms with Crippen LogP contribution in [0.25, 0.3) is 11.0 Å². The first-order valence-corrected chi connectivity index (χ1v) is 6.68. The number of anilines is 1. The van der Waals surface area contributed by atoms with Crippen molar-refractivity contribution in [2.24, 2.45) is 5.92 Å². The van der Waals surface area contributed by atoms with Gasteiger partial charge < -0.3 is 15.2 Å². The monoisotopic (exact) mass is 244 g/mol. The van der Waals surface area contributed by atoms with Crippen molar-refractivity contribution < 1.29 is 0 Å². The Kier molecular flexibility index (Phi) is 3.19. The maximum Gasteiger partial charge on any atom is 0.0931 e. The number of nitrogens with one attached hydrogen (secondary N) is 2. The first kappa shape index (κ1) is 11.5. The molecule has 1 unspecified atom stereocenters. The molecule has 0 radical (unpaired) electrons. The summed E-state index contributed by atoms with van der Waals surface area (Å²) in [5.41, 5.74) is 3.41. The van der Waals surface area contributed by atoms with E-state index in [1.54, 1.807) is 6.33 Å². The zero-order chi connectivity index (χ0) is 12.4. The summed E-state index contributed by atoms with van der Waals surface area (Å²) in [7, 11) is 2.17. The van der Waals surface area contributed by atoms with E-state index >= 15 is 0 Å². The van der Waals surface area contributed by atoms with E-state index in [1.807, 2.05) is 0 Å². The number of aromatic nitrogens is 2. The minimum atomic E-state index is 0.765. The maximum atomic E-state index is 4.25. The van der Waals surface area contributed by atoms with Crippen LogP contribution in [-0.2, 0) is 0 Å². The Morgan fingerprint density at radius 1 is 1.44 bits per heavy atom. The second-order valence-electron chi connectivity index (χ2n) is 5.20. The second-order valence-corrected chi connectivity index (χ2v) is 5.20. The predicted molar refractivity (Wildman–Crippen MR) is 75.0 cm³/mol. The molecule has 2 N–H and O–H groups in total. The molecule has 0 aliphatic carbocycles. The van der Waals surface area contributed by atoms with Crippen LogP contribution in [0.15, 0.2) is 24.5 Å². The summed E-state index contributed by atoms with van der Waals surface area (Å²) in [6, 6.07) is 6.41. The first-order chi connectivity index (χ1) is 8.83. The fraction of sp³-hybridized carbons (Fsp3) is 0.500. The molecule has 4 heteroatoms. The number of aromatic amines is 1. The van der Waals surface area contributed by atoms with Crippen LogP contribution in [0.3, 0.4) is 0 Å². The van der Waals surface area contributed by atoms with Crippen LogP contribution < -0.4 is 10.2 Å². The summed E-state index contributed by atoms with van der Waals surface area (Å²) in [6.45, 7) is 3.45. The lowest BCUT2D eigenvalue weighted by Crippen LogP contribution is -2.36. The summed E-state index contributed by atoms with van der Waals surface area (Å²) in [4.78, 5) is 9.76. The van der Waals surface area contributed by atoms with E-state index in [0.717, 1.165) is 30.0 Å². The molecule has 18 heavy (non-hydrogen) atoms. The molecule has 96 valence electrons. The van der Waals surface area contributed by atoms with Crippen LogP contribution in [0.4, 0.5) is 5.69 Å². The minimum Gasteiger partial charge on any atom is -0.374 e. The fourth-order valence-electron chi connectivity index (χ4n) is 2.73. The van der Waals surface area contributed by atoms with Gasteiger partial charge in [0.05, 0.1) is 17.4 Å². The highest BCUT2D eigenvalue weighted by molar-refractivity contribution is 5.78. The Labute approximate surface area is 107 Å². The standard InChI is InChI=1S/C14H20N4/c1-18(9-11-3-2-6-15-8-11)12-4-5-13-14(7-12)17-10-16-13/h4-5,7,10-11,15H,2-3,6,8-9H2,1H3,(H,16,17). The van der Waals surface area contributed by atoms with Crippen molar-refractivity contribution in [3.05, 3.63) is 24.5 Å². The van der Waals surface area contributed by atoms with Gasteiger partial charge in [-0.1, -0.05) is 0 Å². The summed E-state index contributed by atoms with van der Waals surface area (Å²) in [5, 5.41) is 3.47. The lowest BCUT2D eigenvalue weighted by molar-refractivity contribution is 0.381. The molecule has 0 spiro atoms. The molecule has 2 heterocycles. The number of nitrogens with zero attached hydrogens (tertiary/aromatic N) is 2. The third kappa shape index (κ3) is 2.34. The molecule has 1 atom stereocenters. The molecule has 1 saturated heterocycles. The SMILES string of the molecule is CN(CC1CCCNC1)c1ccc2nc[nH]c2c1. The highest BCUT2D eigenvalue weighted by Crippen LogP contribution is 2.21. The van der Waals surface area contributed by atoms with Gasteiger partial charge in [0, 0.05) is 19.3 Å². The lowest BCUT2D eigenvalue weighted by Gasteiger charge is -2.28. The summed E-state index contributed by atoms with van der Waals surface area (Å²) in [6.07, 6.45) is 4.39. The smallest absolute Gasteiger partial charge is 0.0931 e. The van der Waals surface area contributed by atoms with Gasteiger partial charge in [0.2, 0.25) is 0 Å². The van der Waals surface area contributed by atoms with Gasteiger partial charge in [-0.05, 0) is 50.0 Å². The van der Waals surface area contributed by atoms with Crippen molar-refractivity contribution in [3.63, 3.8) is 0 Å². The van der Waals surface area contributed by atoms with Gasteiger partial charge in [-0.25, -0.2) is 4.98 Å². The molecule has 3 rings (SSSR count). The Hall–Kier alpha value is -1.55. The lowest BCUT2D eigenvalue weighted by atomic mass is 9.99. The van der Waals surface area contributed by atoms with Crippen LogP contribution in [0.2, 0.25) is 0 Å². The number of hydrogen-bond donors (Lipinski definition) is 2. The predicted octanol–water partition coefficient (Wildman–Crippen LogP) is 2.00. The highest BCUT2D eigenvalue weighted by atomic mass is 15.1. The van der Waals surface area contributed by atoms with E-state index < -0.39 is 0 Å². The average molecular weight is 244 g/mol. The molecule has 0 amide bonds. The molecular formula is C14H20N4. The zero-order valence-electron chi connectivity index (χ0n) is 10.8. The quantitative estimate of drug-likeness (QED) is 0.868. The average Bonchev–Trinajstić information content (AvgIpc) is 2.87. The van der Waals surface area contributed by atoms with Crippen LogP contribution in [-0.4, -0.2) is 36.6 Å². The van der Waals surface area contributed by atoms with Crippen LogP contribution in [0.1, 0.15) is 12.8 Å². The van der Waals surface area contributed by atoms with Gasteiger partial charge in [-0.2, -0.15) is 0 Å². The minimum absolute atomic E-state index is 0.765. The largest absolute Gasteiger partial charge is 0.374 e. The zero-order valence-corrected chi connectivity index (χ0v) is 10.8. The van der Waals surface area contributed by atoms with Gasteiger partial charge in [0.1, 0.15) is 0 Å². The number of rotatable bonds is 3. The van der Waals surface area contributed by atoms with Crippen LogP contribution in [0, 0.1) is 5.92 Å². The van der Waals surface area contributed by atoms with E-state index in [9.17, 15) is 0 Å². The Bertz CT molecular complexity index is 513. The van der Waals surface area contributed by atoms with Crippen molar-refractivity contribution >= 4 is 16.7 Å². The van der Waals surface area contributed by atoms with Crippen molar-refractivity contribution in [2.75, 3.05) is 31.6 Å². The molecule has 0 bridgehead atoms. The molecule has 1 fully saturated rings. The third-order valence-corrected chi connectivity index (χ3v) is 3.78. The summed E-state index contributed by atoms with van der Waals surface area (Å²) in [5.74, 6) is 0.765. The fourth-order valence-corrected chi connectivity index (χ4v) is 2.73. The normalized spacial score (nSPS) is 20.2. The molecular weight excluding hydrogens is 224 g/mol. The van der Waals surface area contributed by atoms with Crippen LogP contribution >= 0.6 is 0 Å². The van der Waals surface area contributed by atoms with E-state index in [1.165, 1.54) is 25.1 Å². The third-order valence-electron chi connectivity index (χ3n) is 3.78. The van der Waals surface area contributed by atoms with Gasteiger partial charge in [0.15, 0.2) is 0 Å². The topological polar surface area (TPSA) is 44.0 Å². The van der Waals surface area contributed by atoms with Crippen LogP contribution in [0.5, 0.6) is 0 Å². The number of hydrogen-bond acceptors (Lipinski definition) is 3. The second kappa shape index (κ2) is 4.98. The number of imidazole rings is 1. The van der Waals surface area contributed by atoms with Gasteiger partial charge in [-0.3, -0.25) is 0 Å². The molecule has 1 aromatic heterocycles. The van der Waals surface area contributed by atoms with Crippen molar-refractivity contribution in [1.29, 1.82) is 0 Å². The highest BCUT2D eigenvalue weighted by Gasteiger charge is 2.15. The van der Waals surface area contributed by atoms with E-state index in [4.69, 9.17) is 0 Å². The Morgan fingerprint density at radius 3 is 3.22 bits per heavy atom. The van der Waals surface area contributed by atoms with E-state index in [0.29, 0.717) is 0 Å². The van der Waals surface area contributed by atoms with Gasteiger partial charge in [-0.15, -0.1) is 0 Å². The van der Waals surface area contributed by atoms with Gasteiger partial charge in [0.25, 0.3) is 0 Å². The first-order valence-electron chi connectivity index (χ1n) is 6.68. The summed E-state index contributed by atoms with van der Waals surface area (Å²) >= 11 is 0. The van der Waals surface area contributed by atoms with E-state index in [-0.39, 0.29) is 0 Å². The molecule has 1 aliphatic heterocycles. The number of piperidine rings is 1. The molecule has 0 saturated carbocycles. The van der Waals surface area contributed by atoms with Crippen molar-refractivity contribution in [2.45, 2.75) is 12.8 Å². The molecule has 1 aromatic carbocycles. The Balaban J connectivity index is 1.72. The van der Waals surface area contributed by atoms with E-state index in [2.05, 4.69) is 45.4 Å². The van der Waals surface area contributed by atoms with Crippen molar-refractivity contribution in [3.8, 4) is 0 Å².